The van der Waals surface area contributed by atoms with Gasteiger partial charge in [0.1, 0.15) is 5.82 Å². The van der Waals surface area contributed by atoms with Crippen LogP contribution in [-0.4, -0.2) is 12.0 Å². The fourth-order valence-electron chi connectivity index (χ4n) is 1.36. The third-order valence-electron chi connectivity index (χ3n) is 2.17. The molecule has 1 heterocycles. The molecule has 2 N–H and O–H groups in total. The first-order valence-corrected chi connectivity index (χ1v) is 5.33. The first-order chi connectivity index (χ1) is 7.79. The first-order valence-electron chi connectivity index (χ1n) is 4.95. The highest BCUT2D eigenvalue weighted by molar-refractivity contribution is 6.33. The van der Waals surface area contributed by atoms with Gasteiger partial charge in [0, 0.05) is 25.0 Å². The SMILES string of the molecule is CNc1cc(Nc2ccccc2Cl)ccn1. The van der Waals surface area contributed by atoms with Gasteiger partial charge in [-0.2, -0.15) is 0 Å². The molecule has 0 fully saturated rings. The normalized spacial score (nSPS) is 9.88. The summed E-state index contributed by atoms with van der Waals surface area (Å²) in [6.07, 6.45) is 1.74. The Kier molecular flexibility index (Phi) is 3.27. The van der Waals surface area contributed by atoms with Crippen molar-refractivity contribution < 1.29 is 0 Å². The molecule has 0 radical (unpaired) electrons. The molecule has 1 aromatic heterocycles. The largest absolute Gasteiger partial charge is 0.373 e. The Hall–Kier alpha value is -1.74. The molecule has 3 nitrogen and oxygen atoms in total. The molecule has 0 unspecified atom stereocenters. The number of para-hydroxylation sites is 1. The third kappa shape index (κ3) is 2.44. The van der Waals surface area contributed by atoms with Gasteiger partial charge in [-0.15, -0.1) is 0 Å². The predicted octanol–water partition coefficient (Wildman–Crippen LogP) is 3.52. The Labute approximate surface area is 99.5 Å². The zero-order valence-electron chi connectivity index (χ0n) is 8.87. The van der Waals surface area contributed by atoms with Crippen LogP contribution in [0.5, 0.6) is 0 Å². The van der Waals surface area contributed by atoms with Crippen molar-refractivity contribution in [3.05, 3.63) is 47.6 Å². The van der Waals surface area contributed by atoms with E-state index in [-0.39, 0.29) is 0 Å². The Morgan fingerprint density at radius 2 is 2.00 bits per heavy atom. The Balaban J connectivity index is 2.24. The minimum Gasteiger partial charge on any atom is -0.373 e. The number of benzene rings is 1. The lowest BCUT2D eigenvalue weighted by atomic mass is 10.3. The van der Waals surface area contributed by atoms with Crippen molar-refractivity contribution in [2.45, 2.75) is 0 Å². The van der Waals surface area contributed by atoms with E-state index in [1.54, 1.807) is 6.20 Å². The zero-order chi connectivity index (χ0) is 11.4. The molecule has 4 heteroatoms. The van der Waals surface area contributed by atoms with Crippen LogP contribution in [0.2, 0.25) is 5.02 Å². The van der Waals surface area contributed by atoms with Gasteiger partial charge in [0.2, 0.25) is 0 Å². The van der Waals surface area contributed by atoms with Crippen LogP contribution < -0.4 is 10.6 Å². The molecule has 2 aromatic rings. The molecule has 1 aromatic carbocycles. The van der Waals surface area contributed by atoms with Crippen LogP contribution in [0.1, 0.15) is 0 Å². The lowest BCUT2D eigenvalue weighted by Crippen LogP contribution is -1.95. The summed E-state index contributed by atoms with van der Waals surface area (Å²) in [5.41, 5.74) is 1.84. The highest BCUT2D eigenvalue weighted by Crippen LogP contribution is 2.25. The summed E-state index contributed by atoms with van der Waals surface area (Å²) in [5, 5.41) is 6.92. The molecule has 0 aliphatic carbocycles. The maximum atomic E-state index is 6.05. The van der Waals surface area contributed by atoms with E-state index in [9.17, 15) is 0 Å². The van der Waals surface area contributed by atoms with Crippen LogP contribution in [0, 0.1) is 0 Å². The molecular formula is C12H12ClN3. The number of hydrogen-bond donors (Lipinski definition) is 2. The first kappa shape index (κ1) is 10.8. The highest BCUT2D eigenvalue weighted by atomic mass is 35.5. The number of anilines is 3. The van der Waals surface area contributed by atoms with E-state index in [1.807, 2.05) is 43.4 Å². The van der Waals surface area contributed by atoms with Gasteiger partial charge < -0.3 is 10.6 Å². The van der Waals surface area contributed by atoms with E-state index < -0.39 is 0 Å². The summed E-state index contributed by atoms with van der Waals surface area (Å²) >= 11 is 6.05. The van der Waals surface area contributed by atoms with Gasteiger partial charge in [0.05, 0.1) is 10.7 Å². The van der Waals surface area contributed by atoms with Crippen molar-refractivity contribution in [3.8, 4) is 0 Å². The number of halogens is 1. The van der Waals surface area contributed by atoms with Crippen LogP contribution in [0.4, 0.5) is 17.2 Å². The van der Waals surface area contributed by atoms with Gasteiger partial charge in [-0.1, -0.05) is 23.7 Å². The van der Waals surface area contributed by atoms with Gasteiger partial charge in [-0.05, 0) is 18.2 Å². The number of aromatic nitrogens is 1. The molecule has 16 heavy (non-hydrogen) atoms. The highest BCUT2D eigenvalue weighted by Gasteiger charge is 2.00. The number of pyridine rings is 1. The summed E-state index contributed by atoms with van der Waals surface area (Å²) in [4.78, 5) is 4.14. The summed E-state index contributed by atoms with van der Waals surface area (Å²) in [5.74, 6) is 0.817. The lowest BCUT2D eigenvalue weighted by molar-refractivity contribution is 1.28. The molecule has 0 atom stereocenters. The zero-order valence-corrected chi connectivity index (χ0v) is 9.62. The maximum Gasteiger partial charge on any atom is 0.127 e. The lowest BCUT2D eigenvalue weighted by Gasteiger charge is -2.08. The molecule has 82 valence electrons. The van der Waals surface area contributed by atoms with E-state index >= 15 is 0 Å². The van der Waals surface area contributed by atoms with Crippen LogP contribution in [-0.2, 0) is 0 Å². The van der Waals surface area contributed by atoms with Crippen molar-refractivity contribution >= 4 is 28.8 Å². The fourth-order valence-corrected chi connectivity index (χ4v) is 1.55. The van der Waals surface area contributed by atoms with Crippen LogP contribution in [0.15, 0.2) is 42.6 Å². The van der Waals surface area contributed by atoms with Crippen molar-refractivity contribution in [1.29, 1.82) is 0 Å². The second kappa shape index (κ2) is 4.86. The Morgan fingerprint density at radius 1 is 1.19 bits per heavy atom. The second-order valence-electron chi connectivity index (χ2n) is 3.28. The van der Waals surface area contributed by atoms with Crippen molar-refractivity contribution in [3.63, 3.8) is 0 Å². The van der Waals surface area contributed by atoms with E-state index in [0.29, 0.717) is 5.02 Å². The van der Waals surface area contributed by atoms with Crippen molar-refractivity contribution in [2.24, 2.45) is 0 Å². The molecular weight excluding hydrogens is 222 g/mol. The van der Waals surface area contributed by atoms with Gasteiger partial charge in [0.25, 0.3) is 0 Å². The minimum absolute atomic E-state index is 0.699. The maximum absolute atomic E-state index is 6.05. The van der Waals surface area contributed by atoms with E-state index in [4.69, 9.17) is 11.6 Å². The molecule has 0 bridgehead atoms. The summed E-state index contributed by atoms with van der Waals surface area (Å²) in [6, 6.07) is 11.4. The van der Waals surface area contributed by atoms with Gasteiger partial charge >= 0.3 is 0 Å². The second-order valence-corrected chi connectivity index (χ2v) is 3.69. The molecule has 0 spiro atoms. The number of nitrogens with zero attached hydrogens (tertiary/aromatic N) is 1. The van der Waals surface area contributed by atoms with Crippen LogP contribution >= 0.6 is 11.6 Å². The number of nitrogens with one attached hydrogen (secondary N) is 2. The number of hydrogen-bond acceptors (Lipinski definition) is 3. The summed E-state index contributed by atoms with van der Waals surface area (Å²) < 4.78 is 0. The van der Waals surface area contributed by atoms with E-state index in [1.165, 1.54) is 0 Å². The number of rotatable bonds is 3. The predicted molar refractivity (Wildman–Crippen MR) is 68.5 cm³/mol. The van der Waals surface area contributed by atoms with E-state index in [2.05, 4.69) is 15.6 Å². The monoisotopic (exact) mass is 233 g/mol. The summed E-state index contributed by atoms with van der Waals surface area (Å²) in [7, 11) is 1.83. The minimum atomic E-state index is 0.699. The van der Waals surface area contributed by atoms with Crippen LogP contribution in [0.25, 0.3) is 0 Å². The fraction of sp³-hybridized carbons (Fsp3) is 0.0833. The van der Waals surface area contributed by atoms with Crippen LogP contribution in [0.3, 0.4) is 0 Å². The van der Waals surface area contributed by atoms with Gasteiger partial charge in [-0.25, -0.2) is 4.98 Å². The average molecular weight is 234 g/mol. The summed E-state index contributed by atoms with van der Waals surface area (Å²) in [6.45, 7) is 0. The smallest absolute Gasteiger partial charge is 0.127 e. The molecule has 0 saturated heterocycles. The molecule has 0 aliphatic rings. The molecule has 0 amide bonds. The topological polar surface area (TPSA) is 37.0 Å². The Morgan fingerprint density at radius 3 is 2.75 bits per heavy atom. The molecule has 0 saturated carbocycles. The van der Waals surface area contributed by atoms with Gasteiger partial charge in [0.15, 0.2) is 0 Å². The Bertz CT molecular complexity index is 485. The third-order valence-corrected chi connectivity index (χ3v) is 2.50. The standard InChI is InChI=1S/C12H12ClN3/c1-14-12-8-9(6-7-15-12)16-11-5-3-2-4-10(11)13/h2-8H,1H3,(H2,14,15,16). The average Bonchev–Trinajstić information content (AvgIpc) is 2.32. The van der Waals surface area contributed by atoms with E-state index in [0.717, 1.165) is 17.2 Å². The quantitative estimate of drug-likeness (QED) is 0.852. The van der Waals surface area contributed by atoms with Crippen molar-refractivity contribution in [2.75, 3.05) is 17.7 Å². The van der Waals surface area contributed by atoms with Crippen molar-refractivity contribution in [1.82, 2.24) is 4.98 Å². The van der Waals surface area contributed by atoms with Gasteiger partial charge in [-0.3, -0.25) is 0 Å². The molecule has 2 rings (SSSR count). The molecule has 0 aliphatic heterocycles.